The Labute approximate surface area is 210 Å². The third-order valence-electron chi connectivity index (χ3n) is 5.22. The zero-order valence-electron chi connectivity index (χ0n) is 19.0. The number of para-hydroxylation sites is 1. The first-order valence-electron chi connectivity index (χ1n) is 10.8. The lowest BCUT2D eigenvalue weighted by Crippen LogP contribution is -2.26. The van der Waals surface area contributed by atoms with Crippen molar-refractivity contribution in [2.45, 2.75) is 0 Å². The highest BCUT2D eigenvalue weighted by molar-refractivity contribution is 6.14. The summed E-state index contributed by atoms with van der Waals surface area (Å²) in [6.07, 6.45) is 5.81. The van der Waals surface area contributed by atoms with Crippen LogP contribution in [-0.2, 0) is 4.74 Å². The molecule has 3 aromatic carbocycles. The number of ketones is 1. The quantitative estimate of drug-likeness (QED) is 0.220. The topological polar surface area (TPSA) is 165 Å². The highest BCUT2D eigenvalue weighted by Gasteiger charge is 2.25. The van der Waals surface area contributed by atoms with E-state index in [-0.39, 0.29) is 39.6 Å². The Kier molecular flexibility index (Phi) is 6.92. The summed E-state index contributed by atoms with van der Waals surface area (Å²) in [5.74, 6) is -4.21. The van der Waals surface area contributed by atoms with Crippen LogP contribution in [0.1, 0.15) is 36.6 Å². The lowest BCUT2D eigenvalue weighted by molar-refractivity contribution is 0.0625. The first-order valence-corrected chi connectivity index (χ1v) is 10.8. The van der Waals surface area contributed by atoms with Gasteiger partial charge in [-0.1, -0.05) is 12.1 Å². The minimum absolute atomic E-state index is 0.00888. The van der Waals surface area contributed by atoms with Crippen LogP contribution in [0, 0.1) is 0 Å². The molecule has 10 heteroatoms. The molecule has 3 aromatic rings. The van der Waals surface area contributed by atoms with E-state index in [2.05, 4.69) is 10.6 Å². The fraction of sp³-hybridized carbons (Fsp3) is 0. The van der Waals surface area contributed by atoms with E-state index in [9.17, 15) is 34.8 Å². The molecular weight excluding hydrogens is 480 g/mol. The largest absolute Gasteiger partial charge is 0.508 e. The minimum Gasteiger partial charge on any atom is -0.508 e. The molecule has 0 spiro atoms. The number of nitrogens with one attached hydrogen (secondary N) is 2. The van der Waals surface area contributed by atoms with Crippen LogP contribution in [-0.4, -0.2) is 38.1 Å². The fourth-order valence-corrected chi connectivity index (χ4v) is 3.40. The third kappa shape index (κ3) is 5.43. The summed E-state index contributed by atoms with van der Waals surface area (Å²) < 4.78 is 5.40. The molecule has 1 aliphatic heterocycles. The first-order chi connectivity index (χ1) is 17.7. The zero-order valence-corrected chi connectivity index (χ0v) is 19.0. The maximum absolute atomic E-state index is 12.9. The number of benzene rings is 3. The van der Waals surface area contributed by atoms with Gasteiger partial charge in [-0.25, -0.2) is 4.79 Å². The number of carbonyl (C=O) groups excluding carboxylic acids is 3. The van der Waals surface area contributed by atoms with E-state index < -0.39 is 34.7 Å². The van der Waals surface area contributed by atoms with Crippen molar-refractivity contribution < 1.29 is 39.5 Å². The van der Waals surface area contributed by atoms with Crippen molar-refractivity contribution in [2.24, 2.45) is 0 Å². The lowest BCUT2D eigenvalue weighted by atomic mass is 9.99. The SMILES string of the molecule is O=C(NC1=CNC=CC=C1OC(=O)c1cc(O)c(C(=O)c2ccccc2O)c(O)c1)c1ccc(O)cc1. The van der Waals surface area contributed by atoms with Crippen molar-refractivity contribution in [1.29, 1.82) is 0 Å². The van der Waals surface area contributed by atoms with Gasteiger partial charge in [-0.15, -0.1) is 0 Å². The number of phenolic OH excluding ortho intramolecular Hbond substituents is 4. The molecule has 0 unspecified atom stereocenters. The molecular formula is C27H20N2O8. The summed E-state index contributed by atoms with van der Waals surface area (Å²) in [6, 6.07) is 13.0. The molecule has 0 aromatic heterocycles. The van der Waals surface area contributed by atoms with E-state index in [1.54, 1.807) is 0 Å². The molecule has 10 nitrogen and oxygen atoms in total. The van der Waals surface area contributed by atoms with E-state index in [1.165, 1.54) is 73.1 Å². The Morgan fingerprint density at radius 3 is 2.16 bits per heavy atom. The molecule has 0 atom stereocenters. The smallest absolute Gasteiger partial charge is 0.343 e. The van der Waals surface area contributed by atoms with Crippen LogP contribution in [0.4, 0.5) is 0 Å². The lowest BCUT2D eigenvalue weighted by Gasteiger charge is -2.14. The summed E-state index contributed by atoms with van der Waals surface area (Å²) in [4.78, 5) is 38.2. The summed E-state index contributed by atoms with van der Waals surface area (Å²) in [7, 11) is 0. The Morgan fingerprint density at radius 1 is 0.811 bits per heavy atom. The van der Waals surface area contributed by atoms with Crippen LogP contribution in [0.25, 0.3) is 0 Å². The van der Waals surface area contributed by atoms with Crippen molar-refractivity contribution in [3.63, 3.8) is 0 Å². The van der Waals surface area contributed by atoms with Crippen LogP contribution in [0.3, 0.4) is 0 Å². The van der Waals surface area contributed by atoms with Crippen molar-refractivity contribution in [1.82, 2.24) is 10.6 Å². The average Bonchev–Trinajstić information content (AvgIpc) is 3.09. The van der Waals surface area contributed by atoms with E-state index >= 15 is 0 Å². The number of ether oxygens (including phenoxy) is 1. The van der Waals surface area contributed by atoms with Gasteiger partial charge in [0.25, 0.3) is 5.91 Å². The monoisotopic (exact) mass is 500 g/mol. The Morgan fingerprint density at radius 2 is 1.49 bits per heavy atom. The van der Waals surface area contributed by atoms with Crippen LogP contribution in [0.2, 0.25) is 0 Å². The average molecular weight is 500 g/mol. The van der Waals surface area contributed by atoms with Gasteiger partial charge < -0.3 is 35.8 Å². The maximum Gasteiger partial charge on any atom is 0.343 e. The summed E-state index contributed by atoms with van der Waals surface area (Å²) in [5.41, 5.74) is -0.599. The number of phenols is 4. The maximum atomic E-state index is 12.9. The number of esters is 1. The van der Waals surface area contributed by atoms with Gasteiger partial charge in [0.2, 0.25) is 5.78 Å². The van der Waals surface area contributed by atoms with Gasteiger partial charge in [0, 0.05) is 18.0 Å². The van der Waals surface area contributed by atoms with Crippen LogP contribution >= 0.6 is 0 Å². The number of rotatable bonds is 6. The highest BCUT2D eigenvalue weighted by atomic mass is 16.5. The molecule has 0 bridgehead atoms. The second kappa shape index (κ2) is 10.4. The zero-order chi connectivity index (χ0) is 26.5. The summed E-state index contributed by atoms with van der Waals surface area (Å²) in [6.45, 7) is 0. The number of allylic oxidation sites excluding steroid dienone is 2. The molecule has 0 saturated heterocycles. The Hall–Kier alpha value is -5.51. The molecule has 0 saturated carbocycles. The van der Waals surface area contributed by atoms with E-state index in [1.807, 2.05) is 0 Å². The molecule has 0 aliphatic carbocycles. The van der Waals surface area contributed by atoms with E-state index in [0.29, 0.717) is 0 Å². The van der Waals surface area contributed by atoms with Gasteiger partial charge in [0.15, 0.2) is 5.76 Å². The summed E-state index contributed by atoms with van der Waals surface area (Å²) in [5, 5.41) is 45.6. The van der Waals surface area contributed by atoms with Gasteiger partial charge in [-0.05, 0) is 60.7 Å². The fourth-order valence-electron chi connectivity index (χ4n) is 3.40. The predicted octanol–water partition coefficient (Wildman–Crippen LogP) is 3.17. The second-order valence-corrected chi connectivity index (χ2v) is 7.74. The number of hydrogen-bond acceptors (Lipinski definition) is 9. The van der Waals surface area contributed by atoms with E-state index in [4.69, 9.17) is 4.74 Å². The Balaban J connectivity index is 1.55. The molecule has 37 heavy (non-hydrogen) atoms. The van der Waals surface area contributed by atoms with Crippen LogP contribution in [0.15, 0.2) is 96.7 Å². The normalized spacial score (nSPS) is 12.4. The first kappa shape index (κ1) is 24.6. The highest BCUT2D eigenvalue weighted by Crippen LogP contribution is 2.33. The number of carbonyl (C=O) groups is 3. The Bertz CT molecular complexity index is 1460. The predicted molar refractivity (Wildman–Crippen MR) is 131 cm³/mol. The summed E-state index contributed by atoms with van der Waals surface area (Å²) >= 11 is 0. The molecule has 186 valence electrons. The molecule has 1 aliphatic rings. The molecule has 1 amide bonds. The van der Waals surface area contributed by atoms with Crippen molar-refractivity contribution in [2.75, 3.05) is 0 Å². The number of amides is 1. The molecule has 0 radical (unpaired) electrons. The number of hydrogen-bond donors (Lipinski definition) is 6. The van der Waals surface area contributed by atoms with Gasteiger partial charge in [-0.3, -0.25) is 9.59 Å². The second-order valence-electron chi connectivity index (χ2n) is 7.74. The van der Waals surface area contributed by atoms with Crippen molar-refractivity contribution in [3.05, 3.63) is 119 Å². The molecule has 1 heterocycles. The van der Waals surface area contributed by atoms with Gasteiger partial charge in [0.1, 0.15) is 34.3 Å². The van der Waals surface area contributed by atoms with Gasteiger partial charge in [0.05, 0.1) is 11.1 Å². The molecule has 6 N–H and O–H groups in total. The standard InChI is InChI=1S/C27H20N2O8/c30-17-9-7-15(8-10-17)26(35)29-19-14-28-11-3-6-23(19)37-27(36)16-12-21(32)24(22(33)13-16)25(34)18-4-1-2-5-20(18)31/h1-14,28,30-33H,(H,29,35). The van der Waals surface area contributed by atoms with Crippen molar-refractivity contribution >= 4 is 17.7 Å². The molecule has 4 rings (SSSR count). The van der Waals surface area contributed by atoms with Crippen molar-refractivity contribution in [3.8, 4) is 23.0 Å². The van der Waals surface area contributed by atoms with Gasteiger partial charge >= 0.3 is 5.97 Å². The minimum atomic E-state index is -1.00. The van der Waals surface area contributed by atoms with E-state index in [0.717, 1.165) is 12.1 Å². The van der Waals surface area contributed by atoms with Gasteiger partial charge in [-0.2, -0.15) is 0 Å². The number of aromatic hydroxyl groups is 4. The van der Waals surface area contributed by atoms with Crippen LogP contribution in [0.5, 0.6) is 23.0 Å². The third-order valence-corrected chi connectivity index (χ3v) is 5.22. The molecule has 0 fully saturated rings. The van der Waals surface area contributed by atoms with Crippen LogP contribution < -0.4 is 10.6 Å².